The molecule has 1 atom stereocenters. The molecule has 0 aliphatic heterocycles. The number of ether oxygens (including phenoxy) is 1. The maximum Gasteiger partial charge on any atom is 0.211 e. The number of nitrogens with zero attached hydrogens (tertiary/aromatic N) is 2. The summed E-state index contributed by atoms with van der Waals surface area (Å²) in [6, 6.07) is 1.85. The minimum absolute atomic E-state index is 0.172. The molecule has 0 radical (unpaired) electrons. The number of rotatable bonds is 4. The molecule has 1 heterocycles. The van der Waals surface area contributed by atoms with Crippen LogP contribution in [0.3, 0.4) is 0 Å². The lowest BCUT2D eigenvalue weighted by Gasteiger charge is -2.13. The zero-order valence-electron chi connectivity index (χ0n) is 7.74. The van der Waals surface area contributed by atoms with Crippen molar-refractivity contribution >= 4 is 0 Å². The van der Waals surface area contributed by atoms with Gasteiger partial charge in [0.25, 0.3) is 0 Å². The van der Waals surface area contributed by atoms with Gasteiger partial charge >= 0.3 is 0 Å². The molecule has 0 bridgehead atoms. The summed E-state index contributed by atoms with van der Waals surface area (Å²) in [7, 11) is 3.77. The number of hydrogen-bond acceptors (Lipinski definition) is 3. The van der Waals surface area contributed by atoms with Crippen LogP contribution in [0, 0.1) is 0 Å². The normalized spacial score (nSPS) is 12.9. The number of hydrogen-bond donors (Lipinski definition) is 1. The topological polar surface area (TPSA) is 39.1 Å². The van der Waals surface area contributed by atoms with Crippen LogP contribution in [-0.4, -0.2) is 29.5 Å². The van der Waals surface area contributed by atoms with Gasteiger partial charge in [-0.05, 0) is 14.0 Å². The molecule has 4 heteroatoms. The van der Waals surface area contributed by atoms with Crippen LogP contribution in [0.15, 0.2) is 12.3 Å². The van der Waals surface area contributed by atoms with E-state index >= 15 is 0 Å². The van der Waals surface area contributed by atoms with Gasteiger partial charge in [-0.3, -0.25) is 0 Å². The third kappa shape index (κ3) is 2.23. The van der Waals surface area contributed by atoms with Gasteiger partial charge in [-0.2, -0.15) is 5.10 Å². The number of aromatic nitrogens is 2. The highest BCUT2D eigenvalue weighted by Gasteiger charge is 2.04. The Labute approximate surface area is 72.5 Å². The van der Waals surface area contributed by atoms with Crippen molar-refractivity contribution in [3.63, 3.8) is 0 Å². The molecule has 12 heavy (non-hydrogen) atoms. The smallest absolute Gasteiger partial charge is 0.211 e. The van der Waals surface area contributed by atoms with Crippen molar-refractivity contribution in [3.8, 4) is 5.88 Å². The number of nitrogens with one attached hydrogen (secondary N) is 1. The molecule has 1 rings (SSSR count). The molecule has 0 aromatic carbocycles. The Hall–Kier alpha value is -1.03. The van der Waals surface area contributed by atoms with Crippen LogP contribution in [0.1, 0.15) is 6.92 Å². The summed E-state index contributed by atoms with van der Waals surface area (Å²) in [6.45, 7) is 2.86. The highest BCUT2D eigenvalue weighted by molar-refractivity contribution is 5.07. The summed E-state index contributed by atoms with van der Waals surface area (Å²) < 4.78 is 7.28. The lowest BCUT2D eigenvalue weighted by molar-refractivity contribution is 0.202. The largest absolute Gasteiger partial charge is 0.473 e. The third-order valence-electron chi connectivity index (χ3n) is 1.59. The van der Waals surface area contributed by atoms with E-state index in [2.05, 4.69) is 10.4 Å². The van der Waals surface area contributed by atoms with Crippen LogP contribution in [0.4, 0.5) is 0 Å². The molecule has 0 saturated carbocycles. The van der Waals surface area contributed by atoms with Crippen LogP contribution in [0.25, 0.3) is 0 Å². The maximum absolute atomic E-state index is 5.56. The van der Waals surface area contributed by atoms with Crippen LogP contribution in [-0.2, 0) is 7.05 Å². The van der Waals surface area contributed by atoms with Crippen molar-refractivity contribution < 1.29 is 4.74 Å². The average Bonchev–Trinajstić information content (AvgIpc) is 2.37. The van der Waals surface area contributed by atoms with E-state index < -0.39 is 0 Å². The van der Waals surface area contributed by atoms with E-state index in [1.54, 1.807) is 10.9 Å². The minimum Gasteiger partial charge on any atom is -0.473 e. The van der Waals surface area contributed by atoms with E-state index in [0.29, 0.717) is 0 Å². The molecular formula is C8H15N3O. The van der Waals surface area contributed by atoms with E-state index in [4.69, 9.17) is 4.74 Å². The van der Waals surface area contributed by atoms with Gasteiger partial charge in [0.1, 0.15) is 6.10 Å². The second-order valence-electron chi connectivity index (χ2n) is 2.78. The SMILES string of the molecule is CNCC(C)Oc1ccnn1C. The first kappa shape index (κ1) is 9.06. The molecule has 1 aromatic rings. The number of likely N-dealkylation sites (N-methyl/N-ethyl adjacent to an activating group) is 1. The molecule has 0 spiro atoms. The summed E-state index contributed by atoms with van der Waals surface area (Å²) in [5.41, 5.74) is 0. The Morgan fingerprint density at radius 2 is 2.50 bits per heavy atom. The van der Waals surface area contributed by atoms with Gasteiger partial charge in [-0.15, -0.1) is 0 Å². The standard InChI is InChI=1S/C8H15N3O/c1-7(6-9-2)12-8-4-5-10-11(8)3/h4-5,7,9H,6H2,1-3H3. The van der Waals surface area contributed by atoms with Crippen molar-refractivity contribution in [1.82, 2.24) is 15.1 Å². The van der Waals surface area contributed by atoms with Crippen LogP contribution < -0.4 is 10.1 Å². The molecule has 68 valence electrons. The third-order valence-corrected chi connectivity index (χ3v) is 1.59. The van der Waals surface area contributed by atoms with Crippen molar-refractivity contribution in [1.29, 1.82) is 0 Å². The molecule has 0 saturated heterocycles. The lowest BCUT2D eigenvalue weighted by Crippen LogP contribution is -2.26. The van der Waals surface area contributed by atoms with Gasteiger partial charge in [-0.25, -0.2) is 4.68 Å². The van der Waals surface area contributed by atoms with E-state index in [0.717, 1.165) is 12.4 Å². The predicted octanol–water partition coefficient (Wildman–Crippen LogP) is 0.407. The summed E-state index contributed by atoms with van der Waals surface area (Å²) in [4.78, 5) is 0. The summed E-state index contributed by atoms with van der Waals surface area (Å²) in [6.07, 6.45) is 1.90. The van der Waals surface area contributed by atoms with Crippen LogP contribution in [0.5, 0.6) is 5.88 Å². The fourth-order valence-electron chi connectivity index (χ4n) is 1.01. The quantitative estimate of drug-likeness (QED) is 0.709. The van der Waals surface area contributed by atoms with Crippen molar-refractivity contribution in [2.24, 2.45) is 7.05 Å². The Balaban J connectivity index is 2.46. The van der Waals surface area contributed by atoms with E-state index in [-0.39, 0.29) is 6.10 Å². The first-order chi connectivity index (χ1) is 5.74. The van der Waals surface area contributed by atoms with E-state index in [9.17, 15) is 0 Å². The van der Waals surface area contributed by atoms with Gasteiger partial charge in [0.05, 0.1) is 6.20 Å². The molecule has 1 unspecified atom stereocenters. The van der Waals surface area contributed by atoms with E-state index in [1.165, 1.54) is 0 Å². The zero-order valence-corrected chi connectivity index (χ0v) is 7.74. The summed E-state index contributed by atoms with van der Waals surface area (Å²) in [5, 5.41) is 7.05. The molecule has 1 aromatic heterocycles. The molecule has 1 N–H and O–H groups in total. The van der Waals surface area contributed by atoms with Crippen molar-refractivity contribution in [3.05, 3.63) is 12.3 Å². The van der Waals surface area contributed by atoms with Gasteiger partial charge in [0, 0.05) is 19.7 Å². The maximum atomic E-state index is 5.56. The fourth-order valence-corrected chi connectivity index (χ4v) is 1.01. The monoisotopic (exact) mass is 169 g/mol. The van der Waals surface area contributed by atoms with Crippen LogP contribution in [0.2, 0.25) is 0 Å². The minimum atomic E-state index is 0.172. The summed E-state index contributed by atoms with van der Waals surface area (Å²) in [5.74, 6) is 0.803. The Morgan fingerprint density at radius 1 is 1.75 bits per heavy atom. The van der Waals surface area contributed by atoms with E-state index in [1.807, 2.05) is 27.1 Å². The Bertz CT molecular complexity index is 234. The van der Waals surface area contributed by atoms with Gasteiger partial charge in [0.15, 0.2) is 0 Å². The first-order valence-electron chi connectivity index (χ1n) is 4.03. The molecule has 0 aliphatic carbocycles. The predicted molar refractivity (Wildman–Crippen MR) is 47.2 cm³/mol. The fraction of sp³-hybridized carbons (Fsp3) is 0.625. The molecule has 0 amide bonds. The second-order valence-corrected chi connectivity index (χ2v) is 2.78. The molecule has 0 aliphatic rings. The van der Waals surface area contributed by atoms with Crippen molar-refractivity contribution in [2.45, 2.75) is 13.0 Å². The average molecular weight is 169 g/mol. The summed E-state index contributed by atoms with van der Waals surface area (Å²) >= 11 is 0. The highest BCUT2D eigenvalue weighted by atomic mass is 16.5. The lowest BCUT2D eigenvalue weighted by atomic mass is 10.4. The Morgan fingerprint density at radius 3 is 3.00 bits per heavy atom. The first-order valence-corrected chi connectivity index (χ1v) is 4.03. The number of aryl methyl sites for hydroxylation is 1. The Kier molecular flexibility index (Phi) is 3.10. The van der Waals surface area contributed by atoms with Gasteiger partial charge in [-0.1, -0.05) is 0 Å². The highest BCUT2D eigenvalue weighted by Crippen LogP contribution is 2.08. The van der Waals surface area contributed by atoms with Crippen LogP contribution >= 0.6 is 0 Å². The zero-order chi connectivity index (χ0) is 8.97. The van der Waals surface area contributed by atoms with Gasteiger partial charge < -0.3 is 10.1 Å². The van der Waals surface area contributed by atoms with Crippen molar-refractivity contribution in [2.75, 3.05) is 13.6 Å². The molecule has 0 fully saturated rings. The second kappa shape index (κ2) is 4.11. The molecular weight excluding hydrogens is 154 g/mol. The molecule has 4 nitrogen and oxygen atoms in total. The van der Waals surface area contributed by atoms with Gasteiger partial charge in [0.2, 0.25) is 5.88 Å².